The Kier molecular flexibility index (Phi) is 6.92. The Labute approximate surface area is 149 Å². The van der Waals surface area contributed by atoms with Crippen molar-refractivity contribution in [2.75, 3.05) is 30.4 Å². The lowest BCUT2D eigenvalue weighted by Gasteiger charge is -2.22. The first-order chi connectivity index (χ1) is 11.9. The monoisotopic (exact) mass is 370 g/mol. The molecule has 0 saturated heterocycles. The van der Waals surface area contributed by atoms with Gasteiger partial charge in [-0.05, 0) is 25.0 Å². The maximum Gasteiger partial charge on any atom is 0.232 e. The lowest BCUT2D eigenvalue weighted by molar-refractivity contribution is -0.121. The third-order valence-electron chi connectivity index (χ3n) is 3.91. The van der Waals surface area contributed by atoms with E-state index in [0.29, 0.717) is 36.6 Å². The number of sulfonamides is 1. The normalized spacial score (nSPS) is 12.9. The summed E-state index contributed by atoms with van der Waals surface area (Å²) in [4.78, 5) is 11.8. The van der Waals surface area contributed by atoms with Crippen LogP contribution in [0.2, 0.25) is 0 Å². The predicted molar refractivity (Wildman–Crippen MR) is 96.5 cm³/mol. The van der Waals surface area contributed by atoms with E-state index < -0.39 is 10.0 Å². The minimum absolute atomic E-state index is 0.0461. The van der Waals surface area contributed by atoms with Crippen LogP contribution in [0.25, 0.3) is 0 Å². The van der Waals surface area contributed by atoms with Gasteiger partial charge in [0.2, 0.25) is 22.7 Å². The van der Waals surface area contributed by atoms with Gasteiger partial charge in [0.05, 0.1) is 11.9 Å². The van der Waals surface area contributed by atoms with Crippen molar-refractivity contribution in [2.45, 2.75) is 39.0 Å². The topological polar surface area (TPSA) is 84.9 Å². The molecule has 1 heterocycles. The molecule has 140 valence electrons. The van der Waals surface area contributed by atoms with Gasteiger partial charge in [-0.15, -0.1) is 0 Å². The molecule has 0 saturated carbocycles. The molecule has 25 heavy (non-hydrogen) atoms. The number of anilines is 1. The molecule has 0 atom stereocenters. The van der Waals surface area contributed by atoms with Gasteiger partial charge in [0.1, 0.15) is 0 Å². The fourth-order valence-corrected chi connectivity index (χ4v) is 3.56. The average molecular weight is 370 g/mol. The molecule has 0 bridgehead atoms. The summed E-state index contributed by atoms with van der Waals surface area (Å²) in [6.07, 6.45) is 5.06. The van der Waals surface area contributed by atoms with Crippen molar-refractivity contribution in [3.8, 4) is 11.5 Å². The summed E-state index contributed by atoms with van der Waals surface area (Å²) < 4.78 is 36.0. The standard InChI is InChI=1S/C17H26N2O5S/c1-3-4-5-10-18-17(20)7-6-11-19(25(2,21)22)14-8-9-15-16(12-14)24-13-23-15/h8-9,12H,3-7,10-11,13H2,1-2H3,(H,18,20). The van der Waals surface area contributed by atoms with Gasteiger partial charge in [-0.1, -0.05) is 19.8 Å². The third kappa shape index (κ3) is 5.81. The van der Waals surface area contributed by atoms with Crippen molar-refractivity contribution in [2.24, 2.45) is 0 Å². The molecule has 0 radical (unpaired) electrons. The molecule has 1 amide bonds. The SMILES string of the molecule is CCCCCNC(=O)CCCN(c1ccc2c(c1)OCO2)S(C)(=O)=O. The van der Waals surface area contributed by atoms with Crippen molar-refractivity contribution in [1.29, 1.82) is 0 Å². The van der Waals surface area contributed by atoms with E-state index in [1.807, 2.05) is 0 Å². The number of benzene rings is 1. The fourth-order valence-electron chi connectivity index (χ4n) is 2.60. The second-order valence-electron chi connectivity index (χ2n) is 6.03. The summed E-state index contributed by atoms with van der Waals surface area (Å²) in [5, 5.41) is 2.86. The molecule has 1 aliphatic heterocycles. The van der Waals surface area contributed by atoms with E-state index in [9.17, 15) is 13.2 Å². The van der Waals surface area contributed by atoms with Crippen LogP contribution in [0.4, 0.5) is 5.69 Å². The number of unbranched alkanes of at least 4 members (excludes halogenated alkanes) is 2. The van der Waals surface area contributed by atoms with Crippen LogP contribution in [-0.2, 0) is 14.8 Å². The maximum absolute atomic E-state index is 12.1. The molecular formula is C17H26N2O5S. The molecule has 1 N–H and O–H groups in total. The highest BCUT2D eigenvalue weighted by atomic mass is 32.2. The van der Waals surface area contributed by atoms with Gasteiger partial charge in [0.25, 0.3) is 0 Å². The Hall–Kier alpha value is -1.96. The molecule has 8 heteroatoms. The van der Waals surface area contributed by atoms with Crippen LogP contribution in [0.15, 0.2) is 18.2 Å². The number of fused-ring (bicyclic) bond motifs is 1. The Bertz CT molecular complexity index is 690. The molecule has 0 fully saturated rings. The molecular weight excluding hydrogens is 344 g/mol. The Morgan fingerprint density at radius 3 is 2.68 bits per heavy atom. The van der Waals surface area contributed by atoms with Gasteiger partial charge in [-0.3, -0.25) is 9.10 Å². The van der Waals surface area contributed by atoms with Gasteiger partial charge in [-0.2, -0.15) is 0 Å². The second-order valence-corrected chi connectivity index (χ2v) is 7.94. The van der Waals surface area contributed by atoms with E-state index in [0.717, 1.165) is 25.5 Å². The first-order valence-electron chi connectivity index (χ1n) is 8.56. The lowest BCUT2D eigenvalue weighted by Crippen LogP contribution is -2.32. The summed E-state index contributed by atoms with van der Waals surface area (Å²) in [5.41, 5.74) is 0.509. The molecule has 0 aliphatic carbocycles. The summed E-state index contributed by atoms with van der Waals surface area (Å²) >= 11 is 0. The molecule has 0 spiro atoms. The fraction of sp³-hybridized carbons (Fsp3) is 0.588. The minimum Gasteiger partial charge on any atom is -0.454 e. The summed E-state index contributed by atoms with van der Waals surface area (Å²) in [6.45, 7) is 3.15. The van der Waals surface area contributed by atoms with Gasteiger partial charge in [0, 0.05) is 25.6 Å². The maximum atomic E-state index is 12.1. The van der Waals surface area contributed by atoms with Crippen LogP contribution in [0.5, 0.6) is 11.5 Å². The van der Waals surface area contributed by atoms with E-state index in [4.69, 9.17) is 9.47 Å². The number of hydrogen-bond acceptors (Lipinski definition) is 5. The van der Waals surface area contributed by atoms with Crippen molar-refractivity contribution in [1.82, 2.24) is 5.32 Å². The van der Waals surface area contributed by atoms with E-state index in [2.05, 4.69) is 12.2 Å². The van der Waals surface area contributed by atoms with Gasteiger partial charge in [0.15, 0.2) is 11.5 Å². The van der Waals surface area contributed by atoms with Gasteiger partial charge < -0.3 is 14.8 Å². The van der Waals surface area contributed by atoms with Crippen LogP contribution in [0, 0.1) is 0 Å². The second kappa shape index (κ2) is 8.94. The van der Waals surface area contributed by atoms with E-state index in [1.54, 1.807) is 18.2 Å². The van der Waals surface area contributed by atoms with Crippen LogP contribution >= 0.6 is 0 Å². The Balaban J connectivity index is 1.90. The number of carbonyl (C=O) groups is 1. The molecule has 2 rings (SSSR count). The summed E-state index contributed by atoms with van der Waals surface area (Å²) in [7, 11) is -3.45. The van der Waals surface area contributed by atoms with Crippen LogP contribution in [0.1, 0.15) is 39.0 Å². The molecule has 0 unspecified atom stereocenters. The highest BCUT2D eigenvalue weighted by molar-refractivity contribution is 7.92. The van der Waals surface area contributed by atoms with Gasteiger partial charge >= 0.3 is 0 Å². The van der Waals surface area contributed by atoms with Crippen molar-refractivity contribution in [3.05, 3.63) is 18.2 Å². The first kappa shape index (κ1) is 19.4. The molecule has 0 aromatic heterocycles. The zero-order valence-corrected chi connectivity index (χ0v) is 15.6. The number of ether oxygens (including phenoxy) is 2. The van der Waals surface area contributed by atoms with Crippen LogP contribution in [0.3, 0.4) is 0 Å². The number of nitrogens with one attached hydrogen (secondary N) is 1. The zero-order valence-electron chi connectivity index (χ0n) is 14.8. The Morgan fingerprint density at radius 1 is 1.20 bits per heavy atom. The molecule has 1 aromatic rings. The van der Waals surface area contributed by atoms with Crippen molar-refractivity contribution >= 4 is 21.6 Å². The molecule has 7 nitrogen and oxygen atoms in total. The average Bonchev–Trinajstić information content (AvgIpc) is 3.02. The highest BCUT2D eigenvalue weighted by Gasteiger charge is 2.21. The number of carbonyl (C=O) groups excluding carboxylic acids is 1. The Morgan fingerprint density at radius 2 is 1.96 bits per heavy atom. The lowest BCUT2D eigenvalue weighted by atomic mass is 10.2. The quantitative estimate of drug-likeness (QED) is 0.639. The van der Waals surface area contributed by atoms with Crippen LogP contribution < -0.4 is 19.1 Å². The number of hydrogen-bond donors (Lipinski definition) is 1. The van der Waals surface area contributed by atoms with Crippen molar-refractivity contribution in [3.63, 3.8) is 0 Å². The number of nitrogens with zero attached hydrogens (tertiary/aromatic N) is 1. The summed E-state index contributed by atoms with van der Waals surface area (Å²) in [6, 6.07) is 5.02. The van der Waals surface area contributed by atoms with Gasteiger partial charge in [-0.25, -0.2) is 8.42 Å². The molecule has 1 aromatic carbocycles. The smallest absolute Gasteiger partial charge is 0.232 e. The number of rotatable bonds is 10. The zero-order chi connectivity index (χ0) is 18.3. The van der Waals surface area contributed by atoms with E-state index >= 15 is 0 Å². The largest absolute Gasteiger partial charge is 0.454 e. The summed E-state index contributed by atoms with van der Waals surface area (Å²) in [5.74, 6) is 1.08. The third-order valence-corrected chi connectivity index (χ3v) is 5.11. The van der Waals surface area contributed by atoms with E-state index in [1.165, 1.54) is 4.31 Å². The molecule has 1 aliphatic rings. The van der Waals surface area contributed by atoms with E-state index in [-0.39, 0.29) is 19.2 Å². The van der Waals surface area contributed by atoms with Crippen molar-refractivity contribution < 1.29 is 22.7 Å². The number of amides is 1. The van der Waals surface area contributed by atoms with Crippen LogP contribution in [-0.4, -0.2) is 40.5 Å². The minimum atomic E-state index is -3.45. The predicted octanol–water partition coefficient (Wildman–Crippen LogP) is 2.27. The highest BCUT2D eigenvalue weighted by Crippen LogP contribution is 2.36. The first-order valence-corrected chi connectivity index (χ1v) is 10.4.